The lowest BCUT2D eigenvalue weighted by Crippen LogP contribution is -2.07. The minimum atomic E-state index is 0.191. The highest BCUT2D eigenvalue weighted by Crippen LogP contribution is 2.34. The molecule has 0 aliphatic rings. The normalized spacial score (nSPS) is 11.8. The molecular formula is C12H18N4OS2. The molecule has 2 aromatic heterocycles. The smallest absolute Gasteiger partial charge is 0.262 e. The van der Waals surface area contributed by atoms with Crippen molar-refractivity contribution in [2.75, 3.05) is 12.4 Å². The van der Waals surface area contributed by atoms with Gasteiger partial charge in [0.1, 0.15) is 5.00 Å². The van der Waals surface area contributed by atoms with Gasteiger partial charge in [0.15, 0.2) is 5.82 Å². The Morgan fingerprint density at radius 1 is 1.37 bits per heavy atom. The molecule has 2 aromatic rings. The summed E-state index contributed by atoms with van der Waals surface area (Å²) in [6, 6.07) is 0. The number of anilines is 1. The number of rotatable bonds is 4. The summed E-state index contributed by atoms with van der Waals surface area (Å²) >= 11 is 3.20. The van der Waals surface area contributed by atoms with Crippen molar-refractivity contribution in [2.24, 2.45) is 0 Å². The average molecular weight is 298 g/mol. The molecule has 0 unspecified atom stereocenters. The molecule has 0 aliphatic heterocycles. The first kappa shape index (κ1) is 14.3. The number of hydrogen-bond donors (Lipinski definition) is 1. The predicted octanol–water partition coefficient (Wildman–Crippen LogP) is 3.57. The third-order valence-electron chi connectivity index (χ3n) is 2.41. The summed E-state index contributed by atoms with van der Waals surface area (Å²) in [6.45, 7) is 8.46. The first-order valence-corrected chi connectivity index (χ1v) is 7.77. The molecule has 0 bridgehead atoms. The van der Waals surface area contributed by atoms with Crippen LogP contribution in [-0.4, -0.2) is 26.3 Å². The Bertz CT molecular complexity index is 556. The molecule has 0 saturated carbocycles. The van der Waals surface area contributed by atoms with Crippen molar-refractivity contribution in [2.45, 2.75) is 38.2 Å². The van der Waals surface area contributed by atoms with E-state index < -0.39 is 0 Å². The summed E-state index contributed by atoms with van der Waals surface area (Å²) in [7, 11) is 1.86. The van der Waals surface area contributed by atoms with E-state index in [1.54, 1.807) is 11.8 Å². The number of aryl methyl sites for hydroxylation is 1. The molecule has 2 rings (SSSR count). The Hall–Kier alpha value is -1.08. The Balaban J connectivity index is 2.19. The molecule has 0 saturated heterocycles. The van der Waals surface area contributed by atoms with Crippen LogP contribution >= 0.6 is 23.3 Å². The Labute approximate surface area is 121 Å². The second-order valence-corrected chi connectivity index (χ2v) is 7.71. The van der Waals surface area contributed by atoms with Crippen LogP contribution < -0.4 is 5.32 Å². The topological polar surface area (TPSA) is 63.8 Å². The molecule has 19 heavy (non-hydrogen) atoms. The molecular weight excluding hydrogens is 280 g/mol. The highest BCUT2D eigenvalue weighted by Gasteiger charge is 2.19. The van der Waals surface area contributed by atoms with Crippen molar-refractivity contribution in [1.82, 2.24) is 14.5 Å². The van der Waals surface area contributed by atoms with Gasteiger partial charge in [-0.05, 0) is 18.5 Å². The Kier molecular flexibility index (Phi) is 4.15. The first-order valence-electron chi connectivity index (χ1n) is 6.01. The van der Waals surface area contributed by atoms with Crippen LogP contribution in [0.1, 0.15) is 32.3 Å². The van der Waals surface area contributed by atoms with Crippen molar-refractivity contribution in [3.05, 3.63) is 11.5 Å². The van der Waals surface area contributed by atoms with E-state index in [0.717, 1.165) is 27.8 Å². The van der Waals surface area contributed by atoms with E-state index in [1.807, 2.05) is 14.0 Å². The van der Waals surface area contributed by atoms with Crippen LogP contribution in [0.4, 0.5) is 5.00 Å². The maximum atomic E-state index is 5.35. The van der Waals surface area contributed by atoms with E-state index in [0.29, 0.717) is 5.89 Å². The molecule has 0 spiro atoms. The monoisotopic (exact) mass is 298 g/mol. The fourth-order valence-corrected chi connectivity index (χ4v) is 2.90. The zero-order valence-electron chi connectivity index (χ0n) is 11.8. The van der Waals surface area contributed by atoms with Gasteiger partial charge < -0.3 is 9.84 Å². The van der Waals surface area contributed by atoms with Crippen LogP contribution in [0.2, 0.25) is 0 Å². The summed E-state index contributed by atoms with van der Waals surface area (Å²) in [4.78, 5) is 4.45. The highest BCUT2D eigenvalue weighted by atomic mass is 32.2. The van der Waals surface area contributed by atoms with Crippen LogP contribution in [0, 0.1) is 6.92 Å². The number of hydrogen-bond acceptors (Lipinski definition) is 7. The van der Waals surface area contributed by atoms with Gasteiger partial charge in [0.05, 0.1) is 17.0 Å². The standard InChI is InChI=1S/C12H18N4OS2/c1-7-9(11(13-5)19-16-7)10-14-8(15-17-10)6-18-12(2,3)4/h13H,6H2,1-5H3. The fourth-order valence-electron chi connectivity index (χ4n) is 1.49. The van der Waals surface area contributed by atoms with E-state index in [1.165, 1.54) is 11.5 Å². The summed E-state index contributed by atoms with van der Waals surface area (Å²) < 4.78 is 9.85. The maximum Gasteiger partial charge on any atom is 0.262 e. The lowest BCUT2D eigenvalue weighted by atomic mass is 10.2. The predicted molar refractivity (Wildman–Crippen MR) is 80.7 cm³/mol. The summed E-state index contributed by atoms with van der Waals surface area (Å²) in [6.07, 6.45) is 0. The Morgan fingerprint density at radius 2 is 2.11 bits per heavy atom. The minimum absolute atomic E-state index is 0.191. The van der Waals surface area contributed by atoms with Crippen molar-refractivity contribution < 1.29 is 4.52 Å². The second-order valence-electron chi connectivity index (χ2n) is 5.14. The molecule has 0 aliphatic carbocycles. The van der Waals surface area contributed by atoms with E-state index >= 15 is 0 Å². The molecule has 0 amide bonds. The van der Waals surface area contributed by atoms with E-state index in [2.05, 4.69) is 40.6 Å². The third-order valence-corrected chi connectivity index (χ3v) is 4.63. The van der Waals surface area contributed by atoms with Gasteiger partial charge in [-0.2, -0.15) is 9.36 Å². The van der Waals surface area contributed by atoms with Gasteiger partial charge in [-0.3, -0.25) is 0 Å². The van der Waals surface area contributed by atoms with E-state index in [4.69, 9.17) is 4.52 Å². The molecule has 1 N–H and O–H groups in total. The quantitative estimate of drug-likeness (QED) is 0.931. The van der Waals surface area contributed by atoms with Crippen LogP contribution in [0.25, 0.3) is 11.5 Å². The largest absolute Gasteiger partial charge is 0.378 e. The first-order chi connectivity index (χ1) is 8.90. The third kappa shape index (κ3) is 3.48. The van der Waals surface area contributed by atoms with Crippen LogP contribution in [0.15, 0.2) is 4.52 Å². The number of thioether (sulfide) groups is 1. The highest BCUT2D eigenvalue weighted by molar-refractivity contribution is 7.99. The average Bonchev–Trinajstić information content (AvgIpc) is 2.91. The fraction of sp³-hybridized carbons (Fsp3) is 0.583. The van der Waals surface area contributed by atoms with Crippen molar-refractivity contribution in [3.8, 4) is 11.5 Å². The van der Waals surface area contributed by atoms with E-state index in [-0.39, 0.29) is 4.75 Å². The molecule has 0 aromatic carbocycles. The number of aromatic nitrogens is 3. The van der Waals surface area contributed by atoms with Crippen molar-refractivity contribution in [1.29, 1.82) is 0 Å². The second kappa shape index (κ2) is 5.50. The van der Waals surface area contributed by atoms with Gasteiger partial charge >= 0.3 is 0 Å². The molecule has 0 fully saturated rings. The molecule has 0 atom stereocenters. The van der Waals surface area contributed by atoms with Crippen LogP contribution in [0.5, 0.6) is 0 Å². The molecule has 0 radical (unpaired) electrons. The SMILES string of the molecule is CNc1snc(C)c1-c1nc(CSC(C)(C)C)no1. The van der Waals surface area contributed by atoms with Gasteiger partial charge in [0.2, 0.25) is 0 Å². The summed E-state index contributed by atoms with van der Waals surface area (Å²) in [5.74, 6) is 2.01. The van der Waals surface area contributed by atoms with Crippen LogP contribution in [0.3, 0.4) is 0 Å². The zero-order chi connectivity index (χ0) is 14.0. The number of nitrogens with zero attached hydrogens (tertiary/aromatic N) is 3. The van der Waals surface area contributed by atoms with Gasteiger partial charge in [-0.25, -0.2) is 0 Å². The maximum absolute atomic E-state index is 5.35. The zero-order valence-corrected chi connectivity index (χ0v) is 13.4. The van der Waals surface area contributed by atoms with Crippen LogP contribution in [-0.2, 0) is 5.75 Å². The number of nitrogens with one attached hydrogen (secondary N) is 1. The van der Waals surface area contributed by atoms with Gasteiger partial charge in [-0.15, -0.1) is 11.8 Å². The Morgan fingerprint density at radius 3 is 2.74 bits per heavy atom. The lowest BCUT2D eigenvalue weighted by molar-refractivity contribution is 0.425. The molecule has 2 heterocycles. The van der Waals surface area contributed by atoms with Gasteiger partial charge in [0, 0.05) is 11.8 Å². The summed E-state index contributed by atoms with van der Waals surface area (Å²) in [5.41, 5.74) is 1.82. The van der Waals surface area contributed by atoms with Gasteiger partial charge in [0.25, 0.3) is 5.89 Å². The minimum Gasteiger partial charge on any atom is -0.378 e. The molecule has 7 heteroatoms. The van der Waals surface area contributed by atoms with Crippen molar-refractivity contribution in [3.63, 3.8) is 0 Å². The van der Waals surface area contributed by atoms with Crippen molar-refractivity contribution >= 4 is 28.3 Å². The lowest BCUT2D eigenvalue weighted by Gasteiger charge is -2.15. The molecule has 104 valence electrons. The molecule has 5 nitrogen and oxygen atoms in total. The summed E-state index contributed by atoms with van der Waals surface area (Å²) in [5, 5.41) is 8.09. The van der Waals surface area contributed by atoms with Gasteiger partial charge in [-0.1, -0.05) is 25.9 Å². The van der Waals surface area contributed by atoms with E-state index in [9.17, 15) is 0 Å².